The first-order valence-electron chi connectivity index (χ1n) is 8.83. The first-order valence-corrected chi connectivity index (χ1v) is 8.83. The van der Waals surface area contributed by atoms with Gasteiger partial charge in [0, 0.05) is 24.9 Å². The lowest BCUT2D eigenvalue weighted by molar-refractivity contribution is -0.121. The number of nitrogens with zero attached hydrogens (tertiary/aromatic N) is 2. The fraction of sp³-hybridized carbons (Fsp3) is 0.286. The van der Waals surface area contributed by atoms with E-state index < -0.39 is 0 Å². The molecule has 3 aromatic rings. The van der Waals surface area contributed by atoms with E-state index in [-0.39, 0.29) is 11.8 Å². The van der Waals surface area contributed by atoms with Gasteiger partial charge in [0.2, 0.25) is 17.7 Å². The first-order chi connectivity index (χ1) is 12.6. The van der Waals surface area contributed by atoms with Gasteiger partial charge < -0.3 is 9.73 Å². The summed E-state index contributed by atoms with van der Waals surface area (Å²) in [6, 6.07) is 18.0. The van der Waals surface area contributed by atoms with Crippen molar-refractivity contribution in [1.82, 2.24) is 15.5 Å². The number of rotatable bonds is 7. The van der Waals surface area contributed by atoms with Gasteiger partial charge in [-0.15, -0.1) is 10.2 Å². The summed E-state index contributed by atoms with van der Waals surface area (Å²) in [5.41, 5.74) is 3.28. The molecule has 2 aromatic carbocycles. The molecule has 26 heavy (non-hydrogen) atoms. The average Bonchev–Trinajstić information content (AvgIpc) is 3.14. The Kier molecular flexibility index (Phi) is 5.79. The number of hydrogen-bond acceptors (Lipinski definition) is 4. The highest BCUT2D eigenvalue weighted by atomic mass is 16.4. The maximum absolute atomic E-state index is 12.1. The topological polar surface area (TPSA) is 68.0 Å². The van der Waals surface area contributed by atoms with Gasteiger partial charge in [-0.2, -0.15) is 0 Å². The monoisotopic (exact) mass is 349 g/mol. The fourth-order valence-corrected chi connectivity index (χ4v) is 2.64. The van der Waals surface area contributed by atoms with Crippen LogP contribution in [0.4, 0.5) is 0 Å². The molecule has 0 aliphatic carbocycles. The number of carbonyl (C=O) groups is 1. The Labute approximate surface area is 153 Å². The minimum absolute atomic E-state index is 0.0112. The van der Waals surface area contributed by atoms with E-state index >= 15 is 0 Å². The Hall–Kier alpha value is -2.95. The van der Waals surface area contributed by atoms with Crippen molar-refractivity contribution in [2.45, 2.75) is 32.6 Å². The second kappa shape index (κ2) is 8.43. The quantitative estimate of drug-likeness (QED) is 0.702. The Morgan fingerprint density at radius 3 is 2.54 bits per heavy atom. The minimum atomic E-state index is -0.0112. The van der Waals surface area contributed by atoms with Gasteiger partial charge in [0.1, 0.15) is 0 Å². The molecule has 1 amide bonds. The molecule has 3 rings (SSSR count). The van der Waals surface area contributed by atoms with Crippen LogP contribution in [0.1, 0.15) is 36.3 Å². The minimum Gasteiger partial charge on any atom is -0.421 e. The Morgan fingerprint density at radius 2 is 1.81 bits per heavy atom. The van der Waals surface area contributed by atoms with Crippen molar-refractivity contribution in [1.29, 1.82) is 0 Å². The molecule has 0 radical (unpaired) electrons. The lowest BCUT2D eigenvalue weighted by Gasteiger charge is -2.12. The van der Waals surface area contributed by atoms with Gasteiger partial charge in [-0.3, -0.25) is 4.79 Å². The van der Waals surface area contributed by atoms with Gasteiger partial charge in [-0.05, 0) is 30.5 Å². The molecule has 0 bridgehead atoms. The molecular formula is C21H23N3O2. The summed E-state index contributed by atoms with van der Waals surface area (Å²) >= 11 is 0. The van der Waals surface area contributed by atoms with Crippen LogP contribution < -0.4 is 5.32 Å². The number of benzene rings is 2. The molecule has 5 nitrogen and oxygen atoms in total. The molecule has 0 spiro atoms. The van der Waals surface area contributed by atoms with Crippen molar-refractivity contribution in [3.63, 3.8) is 0 Å². The molecule has 0 saturated heterocycles. The van der Waals surface area contributed by atoms with Crippen molar-refractivity contribution < 1.29 is 9.21 Å². The number of aromatic nitrogens is 2. The van der Waals surface area contributed by atoms with E-state index in [1.165, 1.54) is 11.1 Å². The highest BCUT2D eigenvalue weighted by Gasteiger charge is 2.11. The molecular weight excluding hydrogens is 326 g/mol. The molecule has 0 aliphatic rings. The highest BCUT2D eigenvalue weighted by Crippen LogP contribution is 2.18. The van der Waals surface area contributed by atoms with E-state index in [1.807, 2.05) is 49.4 Å². The zero-order valence-electron chi connectivity index (χ0n) is 15.1. The van der Waals surface area contributed by atoms with Crippen molar-refractivity contribution in [2.75, 3.05) is 6.54 Å². The first kappa shape index (κ1) is 17.9. The van der Waals surface area contributed by atoms with Crippen molar-refractivity contribution >= 4 is 5.91 Å². The third-order valence-electron chi connectivity index (χ3n) is 4.31. The standard InChI is InChI=1S/C21H23N3O2/c1-15-8-10-18(11-9-15)21-24-23-20(26-21)13-12-19(25)22-14-16(2)17-6-4-3-5-7-17/h3-11,16H,12-14H2,1-2H3,(H,22,25)/t16-/m1/s1. The molecule has 5 heteroatoms. The molecule has 0 unspecified atom stereocenters. The van der Waals surface area contributed by atoms with Gasteiger partial charge >= 0.3 is 0 Å². The third-order valence-corrected chi connectivity index (χ3v) is 4.31. The molecule has 0 aliphatic heterocycles. The molecule has 1 atom stereocenters. The Morgan fingerprint density at radius 1 is 1.08 bits per heavy atom. The van der Waals surface area contributed by atoms with Crippen LogP contribution in [-0.4, -0.2) is 22.6 Å². The molecule has 1 aromatic heterocycles. The molecule has 1 N–H and O–H groups in total. The van der Waals surface area contributed by atoms with Crippen LogP contribution in [0.3, 0.4) is 0 Å². The molecule has 0 saturated carbocycles. The van der Waals surface area contributed by atoms with E-state index in [9.17, 15) is 4.79 Å². The van der Waals surface area contributed by atoms with E-state index in [1.54, 1.807) is 0 Å². The van der Waals surface area contributed by atoms with Crippen LogP contribution >= 0.6 is 0 Å². The van der Waals surface area contributed by atoms with Gasteiger partial charge in [0.25, 0.3) is 0 Å². The fourth-order valence-electron chi connectivity index (χ4n) is 2.64. The van der Waals surface area contributed by atoms with Crippen LogP contribution in [0.15, 0.2) is 59.0 Å². The second-order valence-electron chi connectivity index (χ2n) is 6.48. The van der Waals surface area contributed by atoms with Gasteiger partial charge in [-0.1, -0.05) is 55.0 Å². The SMILES string of the molecule is Cc1ccc(-c2nnc(CCC(=O)NC[C@@H](C)c3ccccc3)o2)cc1. The lowest BCUT2D eigenvalue weighted by Crippen LogP contribution is -2.27. The number of nitrogens with one attached hydrogen (secondary N) is 1. The predicted molar refractivity (Wildman–Crippen MR) is 101 cm³/mol. The van der Waals surface area contributed by atoms with Crippen LogP contribution in [0.2, 0.25) is 0 Å². The maximum atomic E-state index is 12.1. The largest absolute Gasteiger partial charge is 0.421 e. The third kappa shape index (κ3) is 4.79. The molecule has 134 valence electrons. The summed E-state index contributed by atoms with van der Waals surface area (Å²) in [6.07, 6.45) is 0.765. The van der Waals surface area contributed by atoms with E-state index in [4.69, 9.17) is 4.42 Å². The summed E-state index contributed by atoms with van der Waals surface area (Å²) in [4.78, 5) is 12.1. The molecule has 1 heterocycles. The van der Waals surface area contributed by atoms with Crippen LogP contribution in [-0.2, 0) is 11.2 Å². The zero-order chi connectivity index (χ0) is 18.4. The maximum Gasteiger partial charge on any atom is 0.247 e. The number of aryl methyl sites for hydroxylation is 2. The smallest absolute Gasteiger partial charge is 0.247 e. The number of carbonyl (C=O) groups excluding carboxylic acids is 1. The zero-order valence-corrected chi connectivity index (χ0v) is 15.1. The van der Waals surface area contributed by atoms with Crippen molar-refractivity contribution in [3.05, 3.63) is 71.6 Å². The van der Waals surface area contributed by atoms with Gasteiger partial charge in [0.05, 0.1) is 0 Å². The van der Waals surface area contributed by atoms with Crippen molar-refractivity contribution in [2.24, 2.45) is 0 Å². The van der Waals surface area contributed by atoms with E-state index in [2.05, 4.69) is 34.6 Å². The van der Waals surface area contributed by atoms with E-state index in [0.717, 1.165) is 5.56 Å². The molecule has 0 fully saturated rings. The van der Waals surface area contributed by atoms with Crippen LogP contribution in [0, 0.1) is 6.92 Å². The number of amides is 1. The average molecular weight is 349 g/mol. The van der Waals surface area contributed by atoms with Crippen LogP contribution in [0.25, 0.3) is 11.5 Å². The van der Waals surface area contributed by atoms with E-state index in [0.29, 0.717) is 31.2 Å². The second-order valence-corrected chi connectivity index (χ2v) is 6.48. The highest BCUT2D eigenvalue weighted by molar-refractivity contribution is 5.76. The lowest BCUT2D eigenvalue weighted by atomic mass is 10.0. The van der Waals surface area contributed by atoms with Crippen LogP contribution in [0.5, 0.6) is 0 Å². The Bertz CT molecular complexity index is 841. The van der Waals surface area contributed by atoms with Gasteiger partial charge in [-0.25, -0.2) is 0 Å². The summed E-state index contributed by atoms with van der Waals surface area (Å²) < 4.78 is 5.65. The summed E-state index contributed by atoms with van der Waals surface area (Å²) in [5, 5.41) is 11.1. The predicted octanol–water partition coefficient (Wildman–Crippen LogP) is 3.90. The van der Waals surface area contributed by atoms with Gasteiger partial charge in [0.15, 0.2) is 0 Å². The Balaban J connectivity index is 1.47. The number of hydrogen-bond donors (Lipinski definition) is 1. The van der Waals surface area contributed by atoms with Crippen molar-refractivity contribution in [3.8, 4) is 11.5 Å². The summed E-state index contributed by atoms with van der Waals surface area (Å²) in [5.74, 6) is 1.23. The normalized spacial score (nSPS) is 11.9. The summed E-state index contributed by atoms with van der Waals surface area (Å²) in [7, 11) is 0. The summed E-state index contributed by atoms with van der Waals surface area (Å²) in [6.45, 7) is 4.74.